The third-order valence-corrected chi connectivity index (χ3v) is 5.41. The summed E-state index contributed by atoms with van der Waals surface area (Å²) in [4.78, 5) is 11.3. The maximum atomic E-state index is 11.3. The molecule has 0 atom stereocenters. The van der Waals surface area contributed by atoms with Gasteiger partial charge in [0.25, 0.3) is 0 Å². The molecule has 0 radical (unpaired) electrons. The number of anilines is 1. The Morgan fingerprint density at radius 2 is 1.83 bits per heavy atom. The Kier molecular flexibility index (Phi) is 6.91. The Labute approximate surface area is 184 Å². The van der Waals surface area contributed by atoms with Crippen LogP contribution in [-0.2, 0) is 13.2 Å². The zero-order chi connectivity index (χ0) is 21.0. The first-order chi connectivity index (χ1) is 13.8. The largest absolute Gasteiger partial charge is 0.489 e. The molecule has 0 aliphatic carbocycles. The van der Waals surface area contributed by atoms with Gasteiger partial charge in [0, 0.05) is 22.8 Å². The minimum Gasteiger partial charge on any atom is -0.489 e. The van der Waals surface area contributed by atoms with Crippen molar-refractivity contribution in [1.82, 2.24) is 0 Å². The van der Waals surface area contributed by atoms with Crippen molar-refractivity contribution in [2.45, 2.75) is 20.1 Å². The molecule has 3 rings (SSSR count). The van der Waals surface area contributed by atoms with E-state index in [1.165, 1.54) is 0 Å². The van der Waals surface area contributed by atoms with Gasteiger partial charge in [-0.25, -0.2) is 4.79 Å². The molecule has 0 aliphatic heterocycles. The average Bonchev–Trinajstić information content (AvgIpc) is 2.68. The van der Waals surface area contributed by atoms with E-state index < -0.39 is 5.97 Å². The molecule has 4 nitrogen and oxygen atoms in total. The molecule has 0 unspecified atom stereocenters. The van der Waals surface area contributed by atoms with Gasteiger partial charge in [0.1, 0.15) is 12.4 Å². The molecule has 150 valence electrons. The van der Waals surface area contributed by atoms with E-state index in [1.54, 1.807) is 43.3 Å². The molecule has 3 aromatic carbocycles. The summed E-state index contributed by atoms with van der Waals surface area (Å²) in [7, 11) is 0. The lowest BCUT2D eigenvalue weighted by Gasteiger charge is -2.15. The average molecular weight is 451 g/mol. The van der Waals surface area contributed by atoms with E-state index in [2.05, 4.69) is 5.32 Å². The molecule has 0 amide bonds. The van der Waals surface area contributed by atoms with Gasteiger partial charge in [-0.2, -0.15) is 0 Å². The molecule has 3 aromatic rings. The molecule has 0 aliphatic rings. The first-order valence-corrected chi connectivity index (χ1v) is 9.90. The van der Waals surface area contributed by atoms with E-state index in [9.17, 15) is 9.90 Å². The topological polar surface area (TPSA) is 58.6 Å². The van der Waals surface area contributed by atoms with Crippen LogP contribution < -0.4 is 10.1 Å². The molecule has 0 spiro atoms. The van der Waals surface area contributed by atoms with E-state index in [4.69, 9.17) is 39.5 Å². The van der Waals surface area contributed by atoms with Gasteiger partial charge in [0.15, 0.2) is 0 Å². The Bertz CT molecular complexity index is 1050. The summed E-state index contributed by atoms with van der Waals surface area (Å²) in [6, 6.07) is 15.8. The fraction of sp³-hybridized carbons (Fsp3) is 0.136. The van der Waals surface area contributed by atoms with Gasteiger partial charge in [-0.3, -0.25) is 0 Å². The Hall–Kier alpha value is -2.40. The van der Waals surface area contributed by atoms with Gasteiger partial charge in [-0.1, -0.05) is 46.9 Å². The number of rotatable bonds is 7. The minimum atomic E-state index is -0.959. The van der Waals surface area contributed by atoms with Crippen LogP contribution in [0, 0.1) is 6.92 Å². The van der Waals surface area contributed by atoms with Crippen LogP contribution in [0.15, 0.2) is 54.6 Å². The first kappa shape index (κ1) is 21.3. The van der Waals surface area contributed by atoms with Crippen LogP contribution in [0.2, 0.25) is 15.1 Å². The maximum absolute atomic E-state index is 11.3. The van der Waals surface area contributed by atoms with E-state index in [1.807, 2.05) is 18.2 Å². The highest BCUT2D eigenvalue weighted by Gasteiger charge is 2.11. The van der Waals surface area contributed by atoms with Crippen LogP contribution in [0.3, 0.4) is 0 Å². The van der Waals surface area contributed by atoms with Gasteiger partial charge in [-0.05, 0) is 60.5 Å². The minimum absolute atomic E-state index is 0.261. The fourth-order valence-corrected chi connectivity index (χ4v) is 3.38. The zero-order valence-electron chi connectivity index (χ0n) is 15.5. The van der Waals surface area contributed by atoms with Crippen LogP contribution in [0.4, 0.5) is 5.69 Å². The lowest BCUT2D eigenvalue weighted by atomic mass is 10.1. The summed E-state index contributed by atoms with van der Waals surface area (Å²) in [5.41, 5.74) is 3.40. The quantitative estimate of drug-likeness (QED) is 0.413. The number of halogens is 3. The van der Waals surface area contributed by atoms with Crippen molar-refractivity contribution in [1.29, 1.82) is 0 Å². The normalized spacial score (nSPS) is 10.6. The van der Waals surface area contributed by atoms with Gasteiger partial charge < -0.3 is 15.2 Å². The second kappa shape index (κ2) is 9.40. The van der Waals surface area contributed by atoms with Crippen LogP contribution in [-0.4, -0.2) is 11.1 Å². The standard InChI is InChI=1S/C22H18Cl3NO3/c1-13-17(22(27)28)3-2-4-20(13)26-11-15-10-16(23)6-8-21(15)29-12-14-5-7-18(24)19(25)9-14/h2-10,26H,11-12H2,1H3,(H,27,28). The highest BCUT2D eigenvalue weighted by molar-refractivity contribution is 6.42. The van der Waals surface area contributed by atoms with Crippen LogP contribution >= 0.6 is 34.8 Å². The molecule has 0 saturated carbocycles. The number of benzene rings is 3. The Morgan fingerprint density at radius 1 is 1.03 bits per heavy atom. The molecule has 0 bridgehead atoms. The number of carboxylic acids is 1. The second-order valence-corrected chi connectivity index (χ2v) is 7.68. The van der Waals surface area contributed by atoms with Crippen LogP contribution in [0.25, 0.3) is 0 Å². The van der Waals surface area contributed by atoms with Gasteiger partial charge in [0.05, 0.1) is 15.6 Å². The van der Waals surface area contributed by atoms with E-state index in [0.29, 0.717) is 39.5 Å². The second-order valence-electron chi connectivity index (χ2n) is 6.43. The molecular formula is C22H18Cl3NO3. The monoisotopic (exact) mass is 449 g/mol. The molecule has 0 saturated heterocycles. The van der Waals surface area contributed by atoms with Gasteiger partial charge in [-0.15, -0.1) is 0 Å². The summed E-state index contributed by atoms with van der Waals surface area (Å²) in [5.74, 6) is -0.292. The van der Waals surface area contributed by atoms with E-state index in [0.717, 1.165) is 16.8 Å². The predicted molar refractivity (Wildman–Crippen MR) is 118 cm³/mol. The van der Waals surface area contributed by atoms with Crippen LogP contribution in [0.5, 0.6) is 5.75 Å². The molecule has 2 N–H and O–H groups in total. The lowest BCUT2D eigenvalue weighted by Crippen LogP contribution is -2.07. The summed E-state index contributed by atoms with van der Waals surface area (Å²) in [5, 5.41) is 14.1. The molecule has 0 aromatic heterocycles. The van der Waals surface area contributed by atoms with E-state index in [-0.39, 0.29) is 5.56 Å². The number of ether oxygens (including phenoxy) is 1. The highest BCUT2D eigenvalue weighted by atomic mass is 35.5. The number of nitrogens with one attached hydrogen (secondary N) is 1. The summed E-state index contributed by atoms with van der Waals surface area (Å²) in [6.07, 6.45) is 0. The van der Waals surface area contributed by atoms with Crippen molar-refractivity contribution in [2.75, 3.05) is 5.32 Å². The lowest BCUT2D eigenvalue weighted by molar-refractivity contribution is 0.0696. The Balaban J connectivity index is 1.76. The molecule has 0 fully saturated rings. The SMILES string of the molecule is Cc1c(NCc2cc(Cl)ccc2OCc2ccc(Cl)c(Cl)c2)cccc1C(=O)O. The predicted octanol–water partition coefficient (Wildman–Crippen LogP) is 6.84. The third-order valence-electron chi connectivity index (χ3n) is 4.43. The van der Waals surface area contributed by atoms with Crippen molar-refractivity contribution in [3.05, 3.63) is 91.9 Å². The smallest absolute Gasteiger partial charge is 0.336 e. The molecule has 29 heavy (non-hydrogen) atoms. The van der Waals surface area contributed by atoms with Crippen molar-refractivity contribution < 1.29 is 14.6 Å². The number of carbonyl (C=O) groups is 1. The number of hydrogen-bond acceptors (Lipinski definition) is 3. The number of aromatic carboxylic acids is 1. The Morgan fingerprint density at radius 3 is 2.55 bits per heavy atom. The summed E-state index contributed by atoms with van der Waals surface area (Å²) >= 11 is 18.2. The molecule has 7 heteroatoms. The van der Waals surface area contributed by atoms with Crippen LogP contribution in [0.1, 0.15) is 27.0 Å². The van der Waals surface area contributed by atoms with E-state index >= 15 is 0 Å². The molecule has 0 heterocycles. The number of carboxylic acid groups (broad SMARTS) is 1. The maximum Gasteiger partial charge on any atom is 0.336 e. The van der Waals surface area contributed by atoms with Crippen molar-refractivity contribution in [2.24, 2.45) is 0 Å². The van der Waals surface area contributed by atoms with Crippen molar-refractivity contribution in [3.8, 4) is 5.75 Å². The van der Waals surface area contributed by atoms with Gasteiger partial charge >= 0.3 is 5.97 Å². The fourth-order valence-electron chi connectivity index (χ4n) is 2.87. The van der Waals surface area contributed by atoms with Crippen molar-refractivity contribution in [3.63, 3.8) is 0 Å². The molecular weight excluding hydrogens is 433 g/mol. The first-order valence-electron chi connectivity index (χ1n) is 8.77. The highest BCUT2D eigenvalue weighted by Crippen LogP contribution is 2.28. The third kappa shape index (κ3) is 5.36. The summed E-state index contributed by atoms with van der Waals surface area (Å²) < 4.78 is 5.96. The summed E-state index contributed by atoms with van der Waals surface area (Å²) in [6.45, 7) is 2.51. The number of hydrogen-bond donors (Lipinski definition) is 2. The van der Waals surface area contributed by atoms with Gasteiger partial charge in [0.2, 0.25) is 0 Å². The zero-order valence-corrected chi connectivity index (χ0v) is 17.8. The van der Waals surface area contributed by atoms with Crippen molar-refractivity contribution >= 4 is 46.5 Å².